The molecule has 0 atom stereocenters. The molecule has 0 saturated heterocycles. The van der Waals surface area contributed by atoms with Crippen LogP contribution in [0.5, 0.6) is 0 Å². The highest BCUT2D eigenvalue weighted by atomic mass is 127. The molecule has 0 bridgehead atoms. The van der Waals surface area contributed by atoms with Crippen molar-refractivity contribution in [2.75, 3.05) is 19.6 Å². The van der Waals surface area contributed by atoms with Crippen molar-refractivity contribution in [2.24, 2.45) is 4.99 Å². The van der Waals surface area contributed by atoms with Crippen molar-refractivity contribution in [2.45, 2.75) is 32.9 Å². The van der Waals surface area contributed by atoms with Crippen molar-refractivity contribution < 1.29 is 13.2 Å². The largest absolute Gasteiger partial charge is 0.434 e. The lowest BCUT2D eigenvalue weighted by Gasteiger charge is -2.11. The zero-order chi connectivity index (χ0) is 19.0. The van der Waals surface area contributed by atoms with Crippen LogP contribution >= 0.6 is 35.3 Å². The molecule has 2 N–H and O–H groups in total. The van der Waals surface area contributed by atoms with Gasteiger partial charge in [-0.2, -0.15) is 13.2 Å². The Morgan fingerprint density at radius 1 is 1.22 bits per heavy atom. The lowest BCUT2D eigenvalue weighted by Crippen LogP contribution is -2.38. The Labute approximate surface area is 177 Å². The van der Waals surface area contributed by atoms with Crippen molar-refractivity contribution >= 4 is 41.3 Å². The van der Waals surface area contributed by atoms with Gasteiger partial charge in [-0.05, 0) is 31.9 Å². The molecule has 0 amide bonds. The number of hydrogen-bond acceptors (Lipinski definition) is 4. The summed E-state index contributed by atoms with van der Waals surface area (Å²) in [5, 5.41) is 7.81. The van der Waals surface area contributed by atoms with Gasteiger partial charge in [-0.15, -0.1) is 35.3 Å². The summed E-state index contributed by atoms with van der Waals surface area (Å²) in [5.74, 6) is 0.639. The Bertz CT molecular complexity index is 716. The summed E-state index contributed by atoms with van der Waals surface area (Å²) in [7, 11) is 0. The molecular formula is C17H23F3IN5S. The van der Waals surface area contributed by atoms with Gasteiger partial charge in [0.25, 0.3) is 0 Å². The Kier molecular flexibility index (Phi) is 9.99. The quantitative estimate of drug-likeness (QED) is 0.336. The molecule has 0 aromatic carbocycles. The van der Waals surface area contributed by atoms with Crippen LogP contribution in [-0.2, 0) is 19.0 Å². The number of aliphatic imine (C=N–C) groups is 1. The van der Waals surface area contributed by atoms with Crippen LogP contribution in [0, 0.1) is 6.92 Å². The lowest BCUT2D eigenvalue weighted by molar-refractivity contribution is -0.140. The first-order valence-corrected chi connectivity index (χ1v) is 9.21. The van der Waals surface area contributed by atoms with Crippen LogP contribution in [-0.4, -0.2) is 35.6 Å². The van der Waals surface area contributed by atoms with E-state index in [1.54, 1.807) is 0 Å². The number of nitrogens with zero attached hydrogens (tertiary/aromatic N) is 3. The van der Waals surface area contributed by atoms with E-state index in [2.05, 4.69) is 25.6 Å². The second kappa shape index (κ2) is 11.4. The fraction of sp³-hybridized carbons (Fsp3) is 0.471. The highest BCUT2D eigenvalue weighted by Gasteiger charge is 2.33. The molecule has 0 aliphatic rings. The van der Waals surface area contributed by atoms with Gasteiger partial charge in [-0.1, -0.05) is 6.07 Å². The number of hydrogen-bond donors (Lipinski definition) is 2. The van der Waals surface area contributed by atoms with Crippen molar-refractivity contribution in [1.29, 1.82) is 0 Å². The number of thiazole rings is 1. The number of rotatable bonds is 7. The van der Waals surface area contributed by atoms with Crippen LogP contribution in [0.15, 0.2) is 28.7 Å². The van der Waals surface area contributed by atoms with Gasteiger partial charge in [-0.25, -0.2) is 4.98 Å². The molecule has 2 aromatic heterocycles. The summed E-state index contributed by atoms with van der Waals surface area (Å²) >= 11 is 1.01. The van der Waals surface area contributed by atoms with Gasteiger partial charge in [0.05, 0.1) is 5.01 Å². The van der Waals surface area contributed by atoms with Crippen LogP contribution in [0.1, 0.15) is 28.9 Å². The predicted octanol–water partition coefficient (Wildman–Crippen LogP) is 3.82. The third-order valence-corrected chi connectivity index (χ3v) is 4.37. The summed E-state index contributed by atoms with van der Waals surface area (Å²) in [6.45, 7) is 5.65. The molecule has 0 spiro atoms. The van der Waals surface area contributed by atoms with Crippen LogP contribution in [0.4, 0.5) is 13.2 Å². The van der Waals surface area contributed by atoms with Gasteiger partial charge >= 0.3 is 6.18 Å². The van der Waals surface area contributed by atoms with E-state index >= 15 is 0 Å². The average molecular weight is 513 g/mol. The Hall–Kier alpha value is -1.43. The number of aryl methyl sites for hydroxylation is 1. The number of aromatic nitrogens is 2. The first-order chi connectivity index (χ1) is 12.4. The summed E-state index contributed by atoms with van der Waals surface area (Å²) < 4.78 is 37.6. The van der Waals surface area contributed by atoms with Crippen molar-refractivity contribution in [3.63, 3.8) is 0 Å². The Balaban J connectivity index is 0.00000364. The molecule has 0 fully saturated rings. The van der Waals surface area contributed by atoms with E-state index in [0.29, 0.717) is 37.0 Å². The van der Waals surface area contributed by atoms with Crippen LogP contribution in [0.25, 0.3) is 0 Å². The van der Waals surface area contributed by atoms with Crippen molar-refractivity contribution in [3.8, 4) is 0 Å². The predicted molar refractivity (Wildman–Crippen MR) is 113 cm³/mol. The number of alkyl halides is 3. The van der Waals surface area contributed by atoms with Crippen molar-refractivity contribution in [1.82, 2.24) is 20.6 Å². The fourth-order valence-corrected chi connectivity index (χ4v) is 2.93. The molecule has 0 unspecified atom stereocenters. The SMILES string of the molecule is CCNC(=NCCc1nc(C(F)(F)F)cs1)NCCc1ccc(C)nc1.I. The molecule has 10 heteroatoms. The highest BCUT2D eigenvalue weighted by Crippen LogP contribution is 2.30. The molecule has 150 valence electrons. The summed E-state index contributed by atoms with van der Waals surface area (Å²) in [6.07, 6.45) is -1.36. The molecule has 27 heavy (non-hydrogen) atoms. The number of nitrogens with one attached hydrogen (secondary N) is 2. The molecule has 0 aliphatic carbocycles. The zero-order valence-corrected chi connectivity index (χ0v) is 18.3. The first kappa shape index (κ1) is 23.6. The summed E-state index contributed by atoms with van der Waals surface area (Å²) in [5.41, 5.74) is 1.27. The molecular weight excluding hydrogens is 490 g/mol. The first-order valence-electron chi connectivity index (χ1n) is 8.33. The van der Waals surface area contributed by atoms with E-state index in [-0.39, 0.29) is 24.0 Å². The van der Waals surface area contributed by atoms with E-state index in [0.717, 1.165) is 34.4 Å². The van der Waals surface area contributed by atoms with E-state index < -0.39 is 11.9 Å². The maximum absolute atomic E-state index is 12.5. The van der Waals surface area contributed by atoms with Crippen molar-refractivity contribution in [3.05, 3.63) is 45.7 Å². The number of guanidine groups is 1. The van der Waals surface area contributed by atoms with Gasteiger partial charge in [-0.3, -0.25) is 9.98 Å². The smallest absolute Gasteiger partial charge is 0.357 e. The maximum Gasteiger partial charge on any atom is 0.434 e. The second-order valence-corrected chi connectivity index (χ2v) is 6.56. The molecule has 0 aliphatic heterocycles. The summed E-state index contributed by atoms with van der Waals surface area (Å²) in [6, 6.07) is 4.01. The fourth-order valence-electron chi connectivity index (χ4n) is 2.13. The zero-order valence-electron chi connectivity index (χ0n) is 15.1. The molecule has 2 aromatic rings. The van der Waals surface area contributed by atoms with E-state index in [1.165, 1.54) is 0 Å². The monoisotopic (exact) mass is 513 g/mol. The highest BCUT2D eigenvalue weighted by molar-refractivity contribution is 14.0. The minimum absolute atomic E-state index is 0. The molecule has 0 radical (unpaired) electrons. The van der Waals surface area contributed by atoms with Crippen LogP contribution in [0.2, 0.25) is 0 Å². The van der Waals surface area contributed by atoms with Crippen LogP contribution in [0.3, 0.4) is 0 Å². The van der Waals surface area contributed by atoms with Crippen LogP contribution < -0.4 is 10.6 Å². The second-order valence-electron chi connectivity index (χ2n) is 5.62. The average Bonchev–Trinajstić information content (AvgIpc) is 3.06. The maximum atomic E-state index is 12.5. The number of pyridine rings is 1. The molecule has 2 heterocycles. The minimum Gasteiger partial charge on any atom is -0.357 e. The van der Waals surface area contributed by atoms with E-state index in [4.69, 9.17) is 0 Å². The van der Waals surface area contributed by atoms with E-state index in [1.807, 2.05) is 32.2 Å². The van der Waals surface area contributed by atoms with Gasteiger partial charge in [0.2, 0.25) is 0 Å². The van der Waals surface area contributed by atoms with Gasteiger partial charge in [0.15, 0.2) is 11.7 Å². The third kappa shape index (κ3) is 8.41. The normalized spacial score (nSPS) is 11.8. The molecule has 0 saturated carbocycles. The standard InChI is InChI=1S/C17H22F3N5S.HI/c1-3-21-16(22-8-6-13-5-4-12(2)24-10-13)23-9-7-15-25-14(11-26-15)17(18,19)20;/h4-5,10-11H,3,6-9H2,1-2H3,(H2,21,22,23);1H. The molecule has 2 rings (SSSR count). The lowest BCUT2D eigenvalue weighted by atomic mass is 10.2. The third-order valence-electron chi connectivity index (χ3n) is 3.46. The minimum atomic E-state index is -4.39. The summed E-state index contributed by atoms with van der Waals surface area (Å²) in [4.78, 5) is 12.3. The topological polar surface area (TPSA) is 62.2 Å². The number of halogens is 4. The Morgan fingerprint density at radius 2 is 2.00 bits per heavy atom. The van der Waals surface area contributed by atoms with Gasteiger partial charge in [0, 0.05) is 43.3 Å². The molecule has 5 nitrogen and oxygen atoms in total. The van der Waals surface area contributed by atoms with Gasteiger partial charge in [0.1, 0.15) is 0 Å². The van der Waals surface area contributed by atoms with E-state index in [9.17, 15) is 13.2 Å². The van der Waals surface area contributed by atoms with Gasteiger partial charge < -0.3 is 10.6 Å². The Morgan fingerprint density at radius 3 is 2.59 bits per heavy atom.